The van der Waals surface area contributed by atoms with Crippen LogP contribution in [0, 0.1) is 0 Å². The van der Waals surface area contributed by atoms with E-state index >= 15 is 0 Å². The van der Waals surface area contributed by atoms with E-state index in [0.29, 0.717) is 22.6 Å². The van der Waals surface area contributed by atoms with Gasteiger partial charge in [-0.2, -0.15) is 13.2 Å². The van der Waals surface area contributed by atoms with Gasteiger partial charge >= 0.3 is 6.18 Å². The Kier molecular flexibility index (Phi) is 6.06. The van der Waals surface area contributed by atoms with E-state index in [0.717, 1.165) is 22.4 Å². The number of thiocarbonyl (C=S) groups is 1. The topological polar surface area (TPSA) is 68.7 Å². The molecule has 0 fully saturated rings. The maximum atomic E-state index is 13.1. The van der Waals surface area contributed by atoms with Gasteiger partial charge in [0.05, 0.1) is 11.3 Å². The monoisotopic (exact) mass is 470 g/mol. The molecule has 5 nitrogen and oxygen atoms in total. The molecule has 0 spiro atoms. The molecule has 0 unspecified atom stereocenters. The fourth-order valence-electron chi connectivity index (χ4n) is 3.26. The molecule has 33 heavy (non-hydrogen) atoms. The van der Waals surface area contributed by atoms with Gasteiger partial charge in [0, 0.05) is 11.5 Å². The molecule has 1 aromatic heterocycles. The number of nitrogens with zero attached hydrogens (tertiary/aromatic N) is 1. The van der Waals surface area contributed by atoms with Gasteiger partial charge in [-0.3, -0.25) is 9.69 Å². The fourth-order valence-corrected chi connectivity index (χ4v) is 3.45. The minimum absolute atomic E-state index is 0.0549. The highest BCUT2D eigenvalue weighted by Gasteiger charge is 2.30. The first-order valence-electron chi connectivity index (χ1n) is 9.74. The van der Waals surface area contributed by atoms with Gasteiger partial charge in [0.2, 0.25) is 0 Å². The smallest absolute Gasteiger partial charge is 0.416 e. The third-order valence-electron chi connectivity index (χ3n) is 4.80. The zero-order valence-corrected chi connectivity index (χ0v) is 17.8. The molecule has 0 aliphatic heterocycles. The predicted octanol–water partition coefficient (Wildman–Crippen LogP) is 5.92. The van der Waals surface area contributed by atoms with Crippen LogP contribution >= 0.6 is 12.2 Å². The number of ether oxygens (including phenoxy) is 1. The Hall–Kier alpha value is -3.85. The number of rotatable bonds is 5. The zero-order valence-electron chi connectivity index (χ0n) is 17.0. The van der Waals surface area contributed by atoms with Crippen LogP contribution in [0.25, 0.3) is 11.0 Å². The number of nitrogens with two attached hydrogens (primary N) is 1. The summed E-state index contributed by atoms with van der Waals surface area (Å²) in [5, 5.41) is 0.553. The minimum atomic E-state index is -4.44. The highest BCUT2D eigenvalue weighted by molar-refractivity contribution is 7.80. The number of carbonyl (C=O) groups is 1. The molecule has 1 amide bonds. The molecule has 168 valence electrons. The van der Waals surface area contributed by atoms with Crippen LogP contribution in [0.3, 0.4) is 0 Å². The molecule has 0 radical (unpaired) electrons. The molecular weight excluding hydrogens is 453 g/mol. The van der Waals surface area contributed by atoms with Gasteiger partial charge in [0.15, 0.2) is 10.9 Å². The number of furan rings is 1. The maximum absolute atomic E-state index is 13.1. The van der Waals surface area contributed by atoms with E-state index in [9.17, 15) is 18.0 Å². The quantitative estimate of drug-likeness (QED) is 0.367. The van der Waals surface area contributed by atoms with Crippen molar-refractivity contribution in [2.75, 3.05) is 4.90 Å². The Balaban J connectivity index is 1.56. The summed E-state index contributed by atoms with van der Waals surface area (Å²) in [4.78, 5) is 14.2. The number of benzene rings is 3. The lowest BCUT2D eigenvalue weighted by Gasteiger charge is -2.20. The fraction of sp³-hybridized carbons (Fsp3) is 0.0833. The number of carbonyl (C=O) groups excluding carboxylic acids is 1. The summed E-state index contributed by atoms with van der Waals surface area (Å²) in [5.74, 6) is -0.184. The molecule has 4 aromatic rings. The molecule has 0 bridgehead atoms. The van der Waals surface area contributed by atoms with Crippen molar-refractivity contribution in [3.8, 4) is 5.75 Å². The number of alkyl halides is 3. The van der Waals surface area contributed by atoms with Crippen LogP contribution in [0.4, 0.5) is 18.9 Å². The summed E-state index contributed by atoms with van der Waals surface area (Å²) in [7, 11) is 0. The first kappa shape index (κ1) is 22.3. The lowest BCUT2D eigenvalue weighted by molar-refractivity contribution is -0.137. The highest BCUT2D eigenvalue weighted by Crippen LogP contribution is 2.30. The van der Waals surface area contributed by atoms with Crippen LogP contribution in [0.5, 0.6) is 5.75 Å². The lowest BCUT2D eigenvalue weighted by atomic mass is 10.1. The summed E-state index contributed by atoms with van der Waals surface area (Å²) in [6, 6.07) is 20.0. The molecule has 4 rings (SSSR count). The Morgan fingerprint density at radius 3 is 2.48 bits per heavy atom. The molecule has 0 atom stereocenters. The third-order valence-corrected chi connectivity index (χ3v) is 4.98. The molecule has 0 aliphatic carbocycles. The molecular formula is C24H17F3N2O3S. The van der Waals surface area contributed by atoms with Gasteiger partial charge < -0.3 is 14.9 Å². The van der Waals surface area contributed by atoms with Crippen molar-refractivity contribution in [2.24, 2.45) is 5.73 Å². The Labute approximate surface area is 192 Å². The number of anilines is 1. The Bertz CT molecular complexity index is 1300. The Morgan fingerprint density at radius 1 is 1.00 bits per heavy atom. The molecule has 1 heterocycles. The van der Waals surface area contributed by atoms with Crippen molar-refractivity contribution in [1.29, 1.82) is 0 Å². The number of hydrogen-bond donors (Lipinski definition) is 1. The van der Waals surface area contributed by atoms with E-state index < -0.39 is 17.6 Å². The van der Waals surface area contributed by atoms with Gasteiger partial charge in [-0.25, -0.2) is 0 Å². The second kappa shape index (κ2) is 8.95. The van der Waals surface area contributed by atoms with Crippen molar-refractivity contribution in [3.05, 3.63) is 95.7 Å². The van der Waals surface area contributed by atoms with Gasteiger partial charge in [0.1, 0.15) is 17.9 Å². The number of halogens is 3. The van der Waals surface area contributed by atoms with Crippen LogP contribution in [-0.2, 0) is 12.8 Å². The molecule has 0 saturated heterocycles. The van der Waals surface area contributed by atoms with Crippen molar-refractivity contribution in [2.45, 2.75) is 12.8 Å². The second-order valence-electron chi connectivity index (χ2n) is 7.11. The SMILES string of the molecule is NC(=S)N(C(=O)c1cc2ccccc2o1)c1cccc(OCc2cccc(C(F)(F)F)c2)c1. The van der Waals surface area contributed by atoms with Crippen molar-refractivity contribution >= 4 is 39.9 Å². The summed E-state index contributed by atoms with van der Waals surface area (Å²) >= 11 is 5.08. The van der Waals surface area contributed by atoms with E-state index in [-0.39, 0.29) is 17.5 Å². The van der Waals surface area contributed by atoms with Crippen molar-refractivity contribution < 1.29 is 27.1 Å². The molecule has 9 heteroatoms. The molecule has 3 aromatic carbocycles. The molecule has 0 saturated carbocycles. The van der Waals surface area contributed by atoms with Crippen molar-refractivity contribution in [3.63, 3.8) is 0 Å². The summed E-state index contributed by atoms with van der Waals surface area (Å²) in [6.07, 6.45) is -4.44. The first-order chi connectivity index (χ1) is 15.7. The van der Waals surface area contributed by atoms with E-state index in [4.69, 9.17) is 27.1 Å². The zero-order chi connectivity index (χ0) is 23.6. The van der Waals surface area contributed by atoms with Crippen molar-refractivity contribution in [1.82, 2.24) is 0 Å². The van der Waals surface area contributed by atoms with Crippen LogP contribution in [0.15, 0.2) is 83.3 Å². The molecule has 0 aliphatic rings. The molecule has 2 N–H and O–H groups in total. The van der Waals surface area contributed by atoms with Crippen LogP contribution < -0.4 is 15.4 Å². The van der Waals surface area contributed by atoms with E-state index in [1.807, 2.05) is 12.1 Å². The largest absolute Gasteiger partial charge is 0.489 e. The van der Waals surface area contributed by atoms with Gasteiger partial charge in [0.25, 0.3) is 5.91 Å². The standard InChI is InChI=1S/C24H17F3N2O3S/c25-24(26,27)17-7-3-5-15(11-17)14-31-19-9-4-8-18(13-19)29(23(28)33)22(30)21-12-16-6-1-2-10-20(16)32-21/h1-13H,14H2,(H2,28,33). The summed E-state index contributed by atoms with van der Waals surface area (Å²) < 4.78 is 50.0. The van der Waals surface area contributed by atoms with Gasteiger partial charge in [-0.1, -0.05) is 36.4 Å². The van der Waals surface area contributed by atoms with Crippen LogP contribution in [-0.4, -0.2) is 11.0 Å². The average molecular weight is 470 g/mol. The average Bonchev–Trinajstić information content (AvgIpc) is 3.22. The van der Waals surface area contributed by atoms with Crippen LogP contribution in [0.1, 0.15) is 21.7 Å². The predicted molar refractivity (Wildman–Crippen MR) is 122 cm³/mol. The minimum Gasteiger partial charge on any atom is -0.489 e. The van der Waals surface area contributed by atoms with Gasteiger partial charge in [-0.15, -0.1) is 0 Å². The van der Waals surface area contributed by atoms with Crippen LogP contribution in [0.2, 0.25) is 0 Å². The summed E-state index contributed by atoms with van der Waals surface area (Å²) in [6.45, 7) is -0.0992. The number of amides is 1. The van der Waals surface area contributed by atoms with E-state index in [2.05, 4.69) is 0 Å². The second-order valence-corrected chi connectivity index (χ2v) is 7.53. The summed E-state index contributed by atoms with van der Waals surface area (Å²) in [5.41, 5.74) is 6.28. The first-order valence-corrected chi connectivity index (χ1v) is 10.1. The number of fused-ring (bicyclic) bond motifs is 1. The lowest BCUT2D eigenvalue weighted by Crippen LogP contribution is -2.40. The van der Waals surface area contributed by atoms with Gasteiger partial charge in [-0.05, 0) is 54.2 Å². The van der Waals surface area contributed by atoms with E-state index in [1.165, 1.54) is 18.2 Å². The third kappa shape index (κ3) is 4.98. The Morgan fingerprint density at radius 2 is 1.76 bits per heavy atom. The van der Waals surface area contributed by atoms with E-state index in [1.54, 1.807) is 36.4 Å². The highest BCUT2D eigenvalue weighted by atomic mass is 32.1. The number of hydrogen-bond acceptors (Lipinski definition) is 4. The number of para-hydroxylation sites is 1. The normalized spacial score (nSPS) is 11.4. The maximum Gasteiger partial charge on any atom is 0.416 e.